The van der Waals surface area contributed by atoms with Crippen LogP contribution in [0.2, 0.25) is 5.02 Å². The maximum Gasteiger partial charge on any atom is 0.118 e. The number of hydrogen-bond donors (Lipinski definition) is 2. The largest absolute Gasteiger partial charge is 0.497 e. The molecule has 1 atom stereocenters. The van der Waals surface area contributed by atoms with Gasteiger partial charge < -0.3 is 15.2 Å². The predicted molar refractivity (Wildman–Crippen MR) is 87.1 cm³/mol. The summed E-state index contributed by atoms with van der Waals surface area (Å²) in [4.78, 5) is 0. The van der Waals surface area contributed by atoms with E-state index in [1.54, 1.807) is 7.11 Å². The molecule has 0 aliphatic carbocycles. The molecule has 0 saturated carbocycles. The molecule has 2 aromatic rings. The number of aliphatic hydroxyl groups is 1. The average Bonchev–Trinajstić information content (AvgIpc) is 2.55. The van der Waals surface area contributed by atoms with Gasteiger partial charge in [-0.25, -0.2) is 0 Å². The van der Waals surface area contributed by atoms with Crippen molar-refractivity contribution in [2.45, 2.75) is 18.9 Å². The smallest absolute Gasteiger partial charge is 0.118 e. The van der Waals surface area contributed by atoms with Crippen LogP contribution in [-0.2, 0) is 5.54 Å². The van der Waals surface area contributed by atoms with Gasteiger partial charge in [0, 0.05) is 10.7 Å². The van der Waals surface area contributed by atoms with Gasteiger partial charge in [0.05, 0.1) is 19.3 Å². The van der Waals surface area contributed by atoms with E-state index in [1.807, 2.05) is 55.5 Å². The van der Waals surface area contributed by atoms with Gasteiger partial charge in [0.1, 0.15) is 5.75 Å². The van der Waals surface area contributed by atoms with Crippen LogP contribution in [-0.4, -0.2) is 18.8 Å². The van der Waals surface area contributed by atoms with Crippen LogP contribution in [0.3, 0.4) is 0 Å². The second-order valence-electron chi connectivity index (χ2n) is 4.95. The van der Waals surface area contributed by atoms with Crippen molar-refractivity contribution in [1.82, 2.24) is 0 Å². The molecular formula is C17H20ClNO2. The summed E-state index contributed by atoms with van der Waals surface area (Å²) >= 11 is 5.91. The van der Waals surface area contributed by atoms with E-state index in [0.717, 1.165) is 23.4 Å². The fourth-order valence-corrected chi connectivity index (χ4v) is 2.45. The molecule has 0 bridgehead atoms. The lowest BCUT2D eigenvalue weighted by atomic mass is 9.87. The molecule has 21 heavy (non-hydrogen) atoms. The highest BCUT2D eigenvalue weighted by Gasteiger charge is 2.29. The quantitative estimate of drug-likeness (QED) is 0.845. The number of anilines is 1. The number of halogens is 1. The molecule has 0 saturated heterocycles. The van der Waals surface area contributed by atoms with Crippen molar-refractivity contribution in [3.63, 3.8) is 0 Å². The van der Waals surface area contributed by atoms with Crippen LogP contribution in [0.15, 0.2) is 48.5 Å². The Kier molecular flexibility index (Phi) is 5.10. The van der Waals surface area contributed by atoms with Gasteiger partial charge in [-0.2, -0.15) is 0 Å². The average molecular weight is 306 g/mol. The Balaban J connectivity index is 2.32. The second-order valence-corrected chi connectivity index (χ2v) is 5.39. The molecular weight excluding hydrogens is 286 g/mol. The molecule has 0 aliphatic heterocycles. The fraction of sp³-hybridized carbons (Fsp3) is 0.294. The third-order valence-electron chi connectivity index (χ3n) is 3.74. The van der Waals surface area contributed by atoms with E-state index >= 15 is 0 Å². The van der Waals surface area contributed by atoms with Crippen molar-refractivity contribution < 1.29 is 9.84 Å². The molecule has 0 radical (unpaired) electrons. The minimum absolute atomic E-state index is 0.00153. The zero-order chi connectivity index (χ0) is 15.3. The SMILES string of the molecule is CCC(CO)(Nc1ccc(Cl)cc1)c1ccc(OC)cc1. The topological polar surface area (TPSA) is 41.5 Å². The Hall–Kier alpha value is -1.71. The molecule has 2 aromatic carbocycles. The molecule has 0 amide bonds. The first-order chi connectivity index (χ1) is 10.1. The van der Waals surface area contributed by atoms with Crippen LogP contribution in [0.25, 0.3) is 0 Å². The number of hydrogen-bond acceptors (Lipinski definition) is 3. The summed E-state index contributed by atoms with van der Waals surface area (Å²) in [6.45, 7) is 2.04. The minimum Gasteiger partial charge on any atom is -0.497 e. The predicted octanol–water partition coefficient (Wildman–Crippen LogP) is 4.06. The van der Waals surface area contributed by atoms with Crippen LogP contribution in [0.5, 0.6) is 5.75 Å². The summed E-state index contributed by atoms with van der Waals surface area (Å²) in [7, 11) is 1.64. The van der Waals surface area contributed by atoms with Crippen LogP contribution in [0.1, 0.15) is 18.9 Å². The van der Waals surface area contributed by atoms with E-state index in [9.17, 15) is 5.11 Å². The van der Waals surface area contributed by atoms with E-state index in [4.69, 9.17) is 16.3 Å². The Bertz CT molecular complexity index is 562. The van der Waals surface area contributed by atoms with Crippen LogP contribution < -0.4 is 10.1 Å². The third kappa shape index (κ3) is 3.49. The second kappa shape index (κ2) is 6.83. The molecule has 1 unspecified atom stereocenters. The highest BCUT2D eigenvalue weighted by Crippen LogP contribution is 2.31. The molecule has 3 nitrogen and oxygen atoms in total. The Morgan fingerprint density at radius 2 is 1.71 bits per heavy atom. The molecule has 2 rings (SSSR count). The van der Waals surface area contributed by atoms with Gasteiger partial charge in [0.25, 0.3) is 0 Å². The number of nitrogens with one attached hydrogen (secondary N) is 1. The third-order valence-corrected chi connectivity index (χ3v) is 4.00. The first kappa shape index (κ1) is 15.7. The van der Waals surface area contributed by atoms with Crippen molar-refractivity contribution in [2.24, 2.45) is 0 Å². The number of ether oxygens (including phenoxy) is 1. The van der Waals surface area contributed by atoms with E-state index in [1.165, 1.54) is 0 Å². The van der Waals surface area contributed by atoms with Gasteiger partial charge in [0.2, 0.25) is 0 Å². The molecule has 0 heterocycles. The van der Waals surface area contributed by atoms with E-state index in [0.29, 0.717) is 5.02 Å². The first-order valence-electron chi connectivity index (χ1n) is 6.92. The summed E-state index contributed by atoms with van der Waals surface area (Å²) in [6.07, 6.45) is 0.748. The van der Waals surface area contributed by atoms with Crippen molar-refractivity contribution in [3.05, 3.63) is 59.1 Å². The minimum atomic E-state index is -0.528. The Morgan fingerprint density at radius 1 is 1.10 bits per heavy atom. The van der Waals surface area contributed by atoms with Crippen LogP contribution in [0, 0.1) is 0 Å². The van der Waals surface area contributed by atoms with Crippen LogP contribution in [0.4, 0.5) is 5.69 Å². The summed E-state index contributed by atoms with van der Waals surface area (Å²) in [5.41, 5.74) is 1.41. The van der Waals surface area contributed by atoms with Crippen molar-refractivity contribution in [1.29, 1.82) is 0 Å². The summed E-state index contributed by atoms with van der Waals surface area (Å²) in [5.74, 6) is 0.799. The van der Waals surface area contributed by atoms with Crippen LogP contribution >= 0.6 is 11.6 Å². The zero-order valence-electron chi connectivity index (χ0n) is 12.3. The maximum absolute atomic E-state index is 9.95. The normalized spacial score (nSPS) is 13.5. The molecule has 2 N–H and O–H groups in total. The highest BCUT2D eigenvalue weighted by atomic mass is 35.5. The van der Waals surface area contributed by atoms with E-state index in [-0.39, 0.29) is 6.61 Å². The summed E-state index contributed by atoms with van der Waals surface area (Å²) < 4.78 is 5.18. The van der Waals surface area contributed by atoms with Gasteiger partial charge in [-0.15, -0.1) is 0 Å². The summed E-state index contributed by atoms with van der Waals surface area (Å²) in [5, 5.41) is 14.1. The lowest BCUT2D eigenvalue weighted by Gasteiger charge is -2.34. The number of rotatable bonds is 6. The lowest BCUT2D eigenvalue weighted by Crippen LogP contribution is -2.38. The molecule has 0 fully saturated rings. The first-order valence-corrected chi connectivity index (χ1v) is 7.30. The van der Waals surface area contributed by atoms with Crippen molar-refractivity contribution in [2.75, 3.05) is 19.0 Å². The number of aliphatic hydroxyl groups excluding tert-OH is 1. The monoisotopic (exact) mass is 305 g/mol. The van der Waals surface area contributed by atoms with Gasteiger partial charge in [0.15, 0.2) is 0 Å². The van der Waals surface area contributed by atoms with E-state index < -0.39 is 5.54 Å². The van der Waals surface area contributed by atoms with Gasteiger partial charge in [-0.1, -0.05) is 30.7 Å². The highest BCUT2D eigenvalue weighted by molar-refractivity contribution is 6.30. The summed E-state index contributed by atoms with van der Waals surface area (Å²) in [6, 6.07) is 15.2. The molecule has 0 aromatic heterocycles. The van der Waals surface area contributed by atoms with Crippen molar-refractivity contribution >= 4 is 17.3 Å². The molecule has 112 valence electrons. The van der Waals surface area contributed by atoms with Gasteiger partial charge >= 0.3 is 0 Å². The van der Waals surface area contributed by atoms with E-state index in [2.05, 4.69) is 5.32 Å². The number of benzene rings is 2. The van der Waals surface area contributed by atoms with Gasteiger partial charge in [-0.05, 0) is 48.4 Å². The lowest BCUT2D eigenvalue weighted by molar-refractivity contribution is 0.207. The Labute approximate surface area is 130 Å². The molecule has 0 spiro atoms. The zero-order valence-corrected chi connectivity index (χ0v) is 13.0. The molecule has 0 aliphatic rings. The van der Waals surface area contributed by atoms with Crippen molar-refractivity contribution in [3.8, 4) is 5.75 Å². The molecule has 4 heteroatoms. The fourth-order valence-electron chi connectivity index (χ4n) is 2.33. The van der Waals surface area contributed by atoms with Gasteiger partial charge in [-0.3, -0.25) is 0 Å². The standard InChI is InChI=1S/C17H20ClNO2/c1-3-17(12-20,13-4-10-16(21-2)11-5-13)19-15-8-6-14(18)7-9-15/h4-11,19-20H,3,12H2,1-2H3. The number of methoxy groups -OCH3 is 1. The maximum atomic E-state index is 9.95. The Morgan fingerprint density at radius 3 is 2.19 bits per heavy atom.